The summed E-state index contributed by atoms with van der Waals surface area (Å²) in [7, 11) is 0. The van der Waals surface area contributed by atoms with Crippen molar-refractivity contribution in [2.24, 2.45) is 4.99 Å². The number of rotatable bonds is 2. The molecular formula is C10H8N4O2. The number of aromatic amines is 2. The molecule has 0 radical (unpaired) electrons. The Morgan fingerprint density at radius 3 is 2.69 bits per heavy atom. The zero-order chi connectivity index (χ0) is 11.4. The van der Waals surface area contributed by atoms with Gasteiger partial charge in [-0.3, -0.25) is 14.8 Å². The average Bonchev–Trinajstić information content (AvgIpc) is 2.29. The minimum Gasteiger partial charge on any atom is -0.312 e. The second-order valence-electron chi connectivity index (χ2n) is 3.00. The van der Waals surface area contributed by atoms with Gasteiger partial charge in [0.1, 0.15) is 5.69 Å². The van der Waals surface area contributed by atoms with E-state index in [2.05, 4.69) is 19.9 Å². The highest BCUT2D eigenvalue weighted by atomic mass is 16.2. The van der Waals surface area contributed by atoms with E-state index in [1.54, 1.807) is 24.5 Å². The summed E-state index contributed by atoms with van der Waals surface area (Å²) >= 11 is 0. The molecule has 6 nitrogen and oxygen atoms in total. The third kappa shape index (κ3) is 2.30. The standard InChI is InChI=1S/C10H8N4O2/c15-9-8(6-13-10(16)14-9)12-5-7-1-3-11-4-2-7/h1-6H,(H2,13,14,15,16). The summed E-state index contributed by atoms with van der Waals surface area (Å²) in [6.07, 6.45) is 6.03. The van der Waals surface area contributed by atoms with E-state index in [9.17, 15) is 9.59 Å². The van der Waals surface area contributed by atoms with Crippen molar-refractivity contribution in [3.8, 4) is 0 Å². The van der Waals surface area contributed by atoms with E-state index in [0.29, 0.717) is 0 Å². The molecule has 0 saturated heterocycles. The Morgan fingerprint density at radius 2 is 2.00 bits per heavy atom. The fourth-order valence-electron chi connectivity index (χ4n) is 1.09. The Bertz CT molecular complexity index is 612. The second-order valence-corrected chi connectivity index (χ2v) is 3.00. The van der Waals surface area contributed by atoms with E-state index in [1.807, 2.05) is 0 Å². The van der Waals surface area contributed by atoms with Crippen LogP contribution in [0.15, 0.2) is 45.3 Å². The third-order valence-corrected chi connectivity index (χ3v) is 1.86. The number of H-pyrrole nitrogens is 2. The normalized spacial score (nSPS) is 10.8. The number of hydrogen-bond donors (Lipinski definition) is 2. The smallest absolute Gasteiger partial charge is 0.312 e. The van der Waals surface area contributed by atoms with Crippen molar-refractivity contribution in [2.45, 2.75) is 0 Å². The van der Waals surface area contributed by atoms with Gasteiger partial charge in [0.2, 0.25) is 0 Å². The number of aromatic nitrogens is 3. The molecule has 2 heterocycles. The van der Waals surface area contributed by atoms with Crippen LogP contribution in [0.5, 0.6) is 0 Å². The van der Waals surface area contributed by atoms with Crippen molar-refractivity contribution in [1.29, 1.82) is 0 Å². The van der Waals surface area contributed by atoms with Crippen LogP contribution in [0.3, 0.4) is 0 Å². The molecular weight excluding hydrogens is 208 g/mol. The SMILES string of the molecule is O=c1[nH]cc(N=Cc2ccncc2)c(=O)[nH]1. The van der Waals surface area contributed by atoms with Crippen molar-refractivity contribution in [3.05, 3.63) is 57.1 Å². The molecule has 2 N–H and O–H groups in total. The Balaban J connectivity index is 2.31. The van der Waals surface area contributed by atoms with Crippen LogP contribution in [0, 0.1) is 0 Å². The number of pyridine rings is 1. The Kier molecular flexibility index (Phi) is 2.73. The lowest BCUT2D eigenvalue weighted by Gasteiger charge is -1.91. The van der Waals surface area contributed by atoms with Crippen LogP contribution in [0.1, 0.15) is 5.56 Å². The zero-order valence-electron chi connectivity index (χ0n) is 8.18. The summed E-state index contributed by atoms with van der Waals surface area (Å²) in [5.41, 5.74) is -0.0982. The van der Waals surface area contributed by atoms with Crippen molar-refractivity contribution < 1.29 is 0 Å². The van der Waals surface area contributed by atoms with Crippen molar-refractivity contribution in [3.63, 3.8) is 0 Å². The van der Waals surface area contributed by atoms with Gasteiger partial charge in [0.05, 0.1) is 0 Å². The quantitative estimate of drug-likeness (QED) is 0.703. The lowest BCUT2D eigenvalue weighted by molar-refractivity contribution is 1.03. The highest BCUT2D eigenvalue weighted by Gasteiger charge is 1.95. The third-order valence-electron chi connectivity index (χ3n) is 1.86. The van der Waals surface area contributed by atoms with Crippen LogP contribution in [-0.2, 0) is 0 Å². The van der Waals surface area contributed by atoms with Crippen LogP contribution >= 0.6 is 0 Å². The number of nitrogens with zero attached hydrogens (tertiary/aromatic N) is 2. The van der Waals surface area contributed by atoms with E-state index in [0.717, 1.165) is 5.56 Å². The first-order valence-corrected chi connectivity index (χ1v) is 4.52. The van der Waals surface area contributed by atoms with E-state index < -0.39 is 11.2 Å². The van der Waals surface area contributed by atoms with Crippen LogP contribution in [-0.4, -0.2) is 21.2 Å². The molecule has 2 aromatic heterocycles. The summed E-state index contributed by atoms with van der Waals surface area (Å²) in [4.78, 5) is 34.2. The van der Waals surface area contributed by atoms with Gasteiger partial charge in [-0.15, -0.1) is 0 Å². The first-order valence-electron chi connectivity index (χ1n) is 4.52. The molecule has 2 rings (SSSR count). The summed E-state index contributed by atoms with van der Waals surface area (Å²) in [5, 5.41) is 0. The lowest BCUT2D eigenvalue weighted by Crippen LogP contribution is -2.20. The molecule has 0 saturated carbocycles. The van der Waals surface area contributed by atoms with E-state index in [1.165, 1.54) is 12.4 Å². The van der Waals surface area contributed by atoms with Gasteiger partial charge in [-0.2, -0.15) is 0 Å². The maximum Gasteiger partial charge on any atom is 0.325 e. The summed E-state index contributed by atoms with van der Waals surface area (Å²) in [6, 6.07) is 3.51. The monoisotopic (exact) mass is 216 g/mol. The van der Waals surface area contributed by atoms with Gasteiger partial charge in [-0.1, -0.05) is 0 Å². The first-order chi connectivity index (χ1) is 7.75. The van der Waals surface area contributed by atoms with Crippen LogP contribution in [0.2, 0.25) is 0 Å². The molecule has 0 aliphatic carbocycles. The average molecular weight is 216 g/mol. The molecule has 80 valence electrons. The molecule has 0 aliphatic heterocycles. The first kappa shape index (κ1) is 10.0. The molecule has 0 unspecified atom stereocenters. The number of aliphatic imine (C=N–C) groups is 1. The number of nitrogens with one attached hydrogen (secondary N) is 2. The molecule has 0 atom stereocenters. The fourth-order valence-corrected chi connectivity index (χ4v) is 1.09. The minimum atomic E-state index is -0.548. The minimum absolute atomic E-state index is 0.149. The lowest BCUT2D eigenvalue weighted by atomic mass is 10.3. The molecule has 16 heavy (non-hydrogen) atoms. The van der Waals surface area contributed by atoms with E-state index in [4.69, 9.17) is 0 Å². The molecule has 6 heteroatoms. The molecule has 0 aliphatic rings. The predicted octanol–water partition coefficient (Wildman–Crippen LogP) is 0.209. The van der Waals surface area contributed by atoms with Crippen molar-refractivity contribution in [2.75, 3.05) is 0 Å². The molecule has 0 amide bonds. The van der Waals surface area contributed by atoms with Gasteiger partial charge < -0.3 is 4.98 Å². The second kappa shape index (κ2) is 4.35. The Morgan fingerprint density at radius 1 is 1.25 bits per heavy atom. The van der Waals surface area contributed by atoms with Gasteiger partial charge in [0.25, 0.3) is 5.56 Å². The summed E-state index contributed by atoms with van der Waals surface area (Å²) in [5.74, 6) is 0. The number of hydrogen-bond acceptors (Lipinski definition) is 4. The van der Waals surface area contributed by atoms with Crippen LogP contribution in [0.4, 0.5) is 5.69 Å². The van der Waals surface area contributed by atoms with Gasteiger partial charge >= 0.3 is 5.69 Å². The largest absolute Gasteiger partial charge is 0.325 e. The predicted molar refractivity (Wildman–Crippen MR) is 59.2 cm³/mol. The maximum atomic E-state index is 11.3. The highest BCUT2D eigenvalue weighted by molar-refractivity contribution is 5.81. The molecule has 0 bridgehead atoms. The van der Waals surface area contributed by atoms with Crippen molar-refractivity contribution in [1.82, 2.24) is 15.0 Å². The van der Waals surface area contributed by atoms with Gasteiger partial charge in [0.15, 0.2) is 0 Å². The fraction of sp³-hybridized carbons (Fsp3) is 0. The van der Waals surface area contributed by atoms with Crippen LogP contribution in [0.25, 0.3) is 0 Å². The Hall–Kier alpha value is -2.50. The van der Waals surface area contributed by atoms with E-state index >= 15 is 0 Å². The van der Waals surface area contributed by atoms with Crippen LogP contribution < -0.4 is 11.2 Å². The van der Waals surface area contributed by atoms with E-state index in [-0.39, 0.29) is 5.69 Å². The summed E-state index contributed by atoms with van der Waals surface area (Å²) in [6.45, 7) is 0. The molecule has 2 aromatic rings. The highest BCUT2D eigenvalue weighted by Crippen LogP contribution is 1.99. The zero-order valence-corrected chi connectivity index (χ0v) is 8.18. The maximum absolute atomic E-state index is 11.3. The topological polar surface area (TPSA) is 91.0 Å². The van der Waals surface area contributed by atoms with Gasteiger partial charge in [0, 0.05) is 24.8 Å². The Labute approximate surface area is 89.7 Å². The molecule has 0 spiro atoms. The van der Waals surface area contributed by atoms with Gasteiger partial charge in [-0.05, 0) is 17.7 Å². The summed E-state index contributed by atoms with van der Waals surface area (Å²) < 4.78 is 0. The van der Waals surface area contributed by atoms with Crippen molar-refractivity contribution >= 4 is 11.9 Å². The molecule has 0 fully saturated rings. The molecule has 0 aromatic carbocycles. The van der Waals surface area contributed by atoms with Gasteiger partial charge in [-0.25, -0.2) is 9.79 Å².